The quantitative estimate of drug-likeness (QED) is 0.286. The summed E-state index contributed by atoms with van der Waals surface area (Å²) in [7, 11) is 0. The summed E-state index contributed by atoms with van der Waals surface area (Å²) in [6.45, 7) is 0.286. The highest BCUT2D eigenvalue weighted by Gasteiger charge is 2.43. The Hall–Kier alpha value is 1.39. The van der Waals surface area contributed by atoms with E-state index in [1.807, 2.05) is 0 Å². The molecule has 0 saturated carbocycles. The van der Waals surface area contributed by atoms with Gasteiger partial charge < -0.3 is 17.0 Å². The second kappa shape index (κ2) is 9.35. The third-order valence-corrected chi connectivity index (χ3v) is 4.55. The minimum atomic E-state index is -0.792. The third kappa shape index (κ3) is 4.45. The molecule has 10 heteroatoms. The molecule has 0 N–H and O–H groups in total. The maximum atomic E-state index is 11.6. The first-order valence-electron chi connectivity index (χ1n) is 4.26. The zero-order valence-electron chi connectivity index (χ0n) is 8.74. The van der Waals surface area contributed by atoms with Crippen molar-refractivity contribution in [3.05, 3.63) is 11.5 Å². The standard InChI is InChI=1S/C8H8I4O6/c1-11-14-3-4(16-9)5-6(17-10)7(18-12-2)8(13)15-5/h4-5H,1-3H2. The van der Waals surface area contributed by atoms with E-state index in [0.29, 0.717) is 5.76 Å². The molecule has 0 aliphatic carbocycles. The molecule has 0 aromatic rings. The molecule has 2 unspecified atom stereocenters. The van der Waals surface area contributed by atoms with Gasteiger partial charge in [-0.3, -0.25) is 0 Å². The molecule has 0 spiro atoms. The van der Waals surface area contributed by atoms with Crippen molar-refractivity contribution >= 4 is 103 Å². The van der Waals surface area contributed by atoms with E-state index in [0.717, 1.165) is 0 Å². The van der Waals surface area contributed by atoms with Gasteiger partial charge in [-0.05, 0) is 9.03 Å². The average molecular weight is 708 g/mol. The summed E-state index contributed by atoms with van der Waals surface area (Å²) in [6.07, 6.45) is -1.11. The molecule has 0 radical (unpaired) electrons. The van der Waals surface area contributed by atoms with E-state index in [2.05, 4.69) is 9.03 Å². The fraction of sp³-hybridized carbons (Fsp3) is 0.375. The van der Waals surface area contributed by atoms with Gasteiger partial charge in [0.25, 0.3) is 5.76 Å². The maximum Gasteiger partial charge on any atom is 0.379 e. The van der Waals surface area contributed by atoms with E-state index in [-0.39, 0.29) is 12.4 Å². The van der Waals surface area contributed by atoms with Gasteiger partial charge >= 0.3 is 5.97 Å². The number of hydrogen-bond donors (Lipinski definition) is 0. The van der Waals surface area contributed by atoms with Crippen molar-refractivity contribution in [2.24, 2.45) is 0 Å². The number of hydrogen-bond acceptors (Lipinski definition) is 6. The minimum absolute atomic E-state index is 0.0833. The van der Waals surface area contributed by atoms with Gasteiger partial charge in [0.2, 0.25) is 5.76 Å². The lowest BCUT2D eigenvalue weighted by Crippen LogP contribution is -2.32. The van der Waals surface area contributed by atoms with Crippen molar-refractivity contribution < 1.29 is 21.8 Å². The highest BCUT2D eigenvalue weighted by Crippen LogP contribution is 2.32. The highest BCUT2D eigenvalue weighted by atomic mass is 127. The fourth-order valence-electron chi connectivity index (χ4n) is 1.17. The molecule has 104 valence electrons. The van der Waals surface area contributed by atoms with Crippen LogP contribution in [0.2, 0.25) is 0 Å². The number of carbonyl (C=O) groups is 1. The van der Waals surface area contributed by atoms with Crippen molar-refractivity contribution in [1.82, 2.24) is 0 Å². The normalized spacial score (nSPS) is 20.8. The van der Waals surface area contributed by atoms with E-state index in [9.17, 15) is 4.79 Å². The van der Waals surface area contributed by atoms with Crippen LogP contribution >= 0.6 is 88.3 Å². The van der Waals surface area contributed by atoms with Gasteiger partial charge in [-0.25, -0.2) is 4.79 Å². The second-order valence-electron chi connectivity index (χ2n) is 2.80. The Kier molecular flexibility index (Phi) is 9.06. The molecule has 1 aliphatic rings. The number of carbonyl (C=O) groups excluding carboxylic acids is 1. The molecular formula is C8H8I4O6. The van der Waals surface area contributed by atoms with Gasteiger partial charge in [0.05, 0.1) is 6.61 Å². The van der Waals surface area contributed by atoms with Crippen LogP contribution in [0.25, 0.3) is 0 Å². The largest absolute Gasteiger partial charge is 0.445 e. The lowest BCUT2D eigenvalue weighted by Gasteiger charge is -2.19. The van der Waals surface area contributed by atoms with E-state index < -0.39 is 60.5 Å². The summed E-state index contributed by atoms with van der Waals surface area (Å²) in [5.74, 6) is -0.158. The molecule has 0 amide bonds. The van der Waals surface area contributed by atoms with Crippen LogP contribution in [0.1, 0.15) is 0 Å². The Labute approximate surface area is 153 Å². The predicted molar refractivity (Wildman–Crippen MR) is 100 cm³/mol. The van der Waals surface area contributed by atoms with Crippen molar-refractivity contribution in [3.8, 4) is 0 Å². The molecule has 1 heterocycles. The molecule has 1 rings (SSSR count). The molecule has 0 saturated heterocycles. The molecule has 0 aromatic heterocycles. The summed E-state index contributed by atoms with van der Waals surface area (Å²) in [5, 5.41) is 0. The number of rotatable bonds is 8. The second-order valence-corrected chi connectivity index (χ2v) is 6.05. The molecule has 0 bridgehead atoms. The Morgan fingerprint density at radius 1 is 1.39 bits per heavy atom. The topological polar surface area (TPSA) is 63.2 Å². The summed E-state index contributed by atoms with van der Waals surface area (Å²) in [6, 6.07) is 0. The van der Waals surface area contributed by atoms with E-state index in [1.54, 1.807) is 46.0 Å². The first-order valence-corrected chi connectivity index (χ1v) is 10.8. The van der Waals surface area contributed by atoms with Crippen LogP contribution in [0.15, 0.2) is 11.5 Å². The van der Waals surface area contributed by atoms with Crippen LogP contribution in [0.4, 0.5) is 0 Å². The maximum absolute atomic E-state index is 11.6. The van der Waals surface area contributed by atoms with Crippen LogP contribution in [0.3, 0.4) is 0 Å². The summed E-state index contributed by atoms with van der Waals surface area (Å²) in [4.78, 5) is 11.6. The molecule has 2 atom stereocenters. The van der Waals surface area contributed by atoms with Crippen LogP contribution in [0, 0.1) is 0 Å². The van der Waals surface area contributed by atoms with Gasteiger partial charge in [-0.15, -0.1) is 0 Å². The highest BCUT2D eigenvalue weighted by molar-refractivity contribution is 14.2. The predicted octanol–water partition coefficient (Wildman–Crippen LogP) is 2.89. The van der Waals surface area contributed by atoms with Crippen molar-refractivity contribution in [2.75, 3.05) is 6.61 Å². The van der Waals surface area contributed by atoms with Crippen molar-refractivity contribution in [3.63, 3.8) is 0 Å². The number of halogens is 4. The van der Waals surface area contributed by atoms with Crippen LogP contribution in [-0.2, 0) is 21.8 Å². The monoisotopic (exact) mass is 708 g/mol. The molecule has 6 nitrogen and oxygen atoms in total. The summed E-state index contributed by atoms with van der Waals surface area (Å²) in [5.41, 5.74) is 0. The SMILES string of the molecule is C=IOCC(OI)C1OC(=O)C(OI=C)=C1OI. The molecule has 1 aliphatic heterocycles. The first-order chi connectivity index (χ1) is 8.69. The molecular weight excluding hydrogens is 700 g/mol. The van der Waals surface area contributed by atoms with Gasteiger partial charge in [0.1, 0.15) is 50.3 Å². The van der Waals surface area contributed by atoms with E-state index in [4.69, 9.17) is 17.0 Å². The zero-order valence-corrected chi connectivity index (χ0v) is 17.4. The Morgan fingerprint density at radius 3 is 2.61 bits per heavy atom. The Morgan fingerprint density at radius 2 is 2.11 bits per heavy atom. The fourth-order valence-corrected chi connectivity index (χ4v) is 3.35. The van der Waals surface area contributed by atoms with Gasteiger partial charge in [0.15, 0.2) is 29.1 Å². The van der Waals surface area contributed by atoms with Gasteiger partial charge in [-0.2, -0.15) is 0 Å². The molecule has 0 fully saturated rings. The van der Waals surface area contributed by atoms with Crippen molar-refractivity contribution in [1.29, 1.82) is 0 Å². The third-order valence-electron chi connectivity index (χ3n) is 1.87. The summed E-state index contributed by atoms with van der Waals surface area (Å²) >= 11 is 2.05. The zero-order chi connectivity index (χ0) is 13.5. The lowest BCUT2D eigenvalue weighted by molar-refractivity contribution is -0.144. The van der Waals surface area contributed by atoms with Crippen LogP contribution in [0.5, 0.6) is 0 Å². The van der Waals surface area contributed by atoms with E-state index in [1.165, 1.54) is 0 Å². The van der Waals surface area contributed by atoms with E-state index >= 15 is 0 Å². The minimum Gasteiger partial charge on any atom is -0.445 e. The summed E-state index contributed by atoms with van der Waals surface area (Å²) < 4.78 is 33.3. The Bertz CT molecular complexity index is 371. The van der Waals surface area contributed by atoms with Crippen LogP contribution in [-0.4, -0.2) is 33.8 Å². The number of esters is 1. The molecule has 0 aromatic carbocycles. The number of cyclic esters (lactones) is 1. The van der Waals surface area contributed by atoms with Crippen molar-refractivity contribution in [2.45, 2.75) is 12.2 Å². The van der Waals surface area contributed by atoms with Crippen LogP contribution < -0.4 is 0 Å². The first kappa shape index (κ1) is 17.4. The van der Waals surface area contributed by atoms with Gasteiger partial charge in [-0.1, -0.05) is 0 Å². The molecule has 18 heavy (non-hydrogen) atoms. The average Bonchev–Trinajstić information content (AvgIpc) is 2.68. The Balaban J connectivity index is 2.91. The smallest absolute Gasteiger partial charge is 0.379 e. The van der Waals surface area contributed by atoms with Gasteiger partial charge in [0, 0.05) is 21.1 Å². The lowest BCUT2D eigenvalue weighted by atomic mass is 10.2. The number of ether oxygens (including phenoxy) is 1.